The van der Waals surface area contributed by atoms with Gasteiger partial charge < -0.3 is 9.32 Å². The predicted molar refractivity (Wildman–Crippen MR) is 98.7 cm³/mol. The highest BCUT2D eigenvalue weighted by Crippen LogP contribution is 2.23. The number of halogens is 1. The second-order valence-corrected chi connectivity index (χ2v) is 7.82. The van der Waals surface area contributed by atoms with E-state index < -0.39 is 10.0 Å². The zero-order chi connectivity index (χ0) is 19.5. The highest BCUT2D eigenvalue weighted by Gasteiger charge is 2.23. The number of carbonyl (C=O) groups excluding carboxylic acids is 1. The van der Waals surface area contributed by atoms with Crippen molar-refractivity contribution >= 4 is 27.5 Å². The molecule has 7 nitrogen and oxygen atoms in total. The largest absolute Gasteiger partial charge is 0.444 e. The van der Waals surface area contributed by atoms with Crippen molar-refractivity contribution in [1.82, 2.24) is 14.6 Å². The number of hydrogen-bond acceptors (Lipinski definition) is 5. The molecular weight excluding hydrogens is 378 g/mol. The van der Waals surface area contributed by atoms with Crippen LogP contribution in [0.5, 0.6) is 0 Å². The van der Waals surface area contributed by atoms with Gasteiger partial charge in [-0.1, -0.05) is 17.7 Å². The molecule has 0 saturated carbocycles. The molecular formula is C17H22ClN3O4S. The van der Waals surface area contributed by atoms with Crippen molar-refractivity contribution in [2.45, 2.75) is 39.1 Å². The first kappa shape index (κ1) is 20.4. The van der Waals surface area contributed by atoms with Crippen molar-refractivity contribution in [3.8, 4) is 0 Å². The molecule has 0 unspecified atom stereocenters. The van der Waals surface area contributed by atoms with Crippen LogP contribution in [0.1, 0.15) is 41.6 Å². The summed E-state index contributed by atoms with van der Waals surface area (Å²) in [5.41, 5.74) is 0.657. The van der Waals surface area contributed by atoms with E-state index in [1.54, 1.807) is 30.9 Å². The van der Waals surface area contributed by atoms with Crippen LogP contribution >= 0.6 is 11.6 Å². The van der Waals surface area contributed by atoms with Gasteiger partial charge in [0.1, 0.15) is 5.76 Å². The first-order chi connectivity index (χ1) is 12.2. The van der Waals surface area contributed by atoms with Crippen LogP contribution in [0, 0.1) is 13.8 Å². The minimum absolute atomic E-state index is 0.0905. The van der Waals surface area contributed by atoms with Gasteiger partial charge in [0.25, 0.3) is 5.91 Å². The maximum atomic E-state index is 12.5. The monoisotopic (exact) mass is 399 g/mol. The van der Waals surface area contributed by atoms with Crippen molar-refractivity contribution in [3.63, 3.8) is 0 Å². The third-order valence-electron chi connectivity index (χ3n) is 4.02. The summed E-state index contributed by atoms with van der Waals surface area (Å²) in [6.45, 7) is 7.95. The molecule has 0 radical (unpaired) electrons. The summed E-state index contributed by atoms with van der Waals surface area (Å²) in [4.78, 5) is 18.3. The molecule has 0 aliphatic rings. The van der Waals surface area contributed by atoms with E-state index in [1.165, 1.54) is 6.07 Å². The number of aryl methyl sites for hydroxylation is 1. The van der Waals surface area contributed by atoms with Crippen molar-refractivity contribution in [2.75, 3.05) is 13.1 Å². The van der Waals surface area contributed by atoms with E-state index in [9.17, 15) is 13.2 Å². The highest BCUT2D eigenvalue weighted by molar-refractivity contribution is 7.89. The molecule has 2 aromatic rings. The molecule has 1 heterocycles. The predicted octanol–water partition coefficient (Wildman–Crippen LogP) is 2.91. The Morgan fingerprint density at radius 3 is 2.54 bits per heavy atom. The van der Waals surface area contributed by atoms with Crippen LogP contribution in [0.25, 0.3) is 0 Å². The van der Waals surface area contributed by atoms with Gasteiger partial charge in [-0.05, 0) is 45.4 Å². The van der Waals surface area contributed by atoms with Crippen molar-refractivity contribution in [2.24, 2.45) is 0 Å². The molecule has 0 fully saturated rings. The normalized spacial score (nSPS) is 11.6. The second-order valence-electron chi connectivity index (χ2n) is 5.68. The van der Waals surface area contributed by atoms with Crippen LogP contribution in [-0.4, -0.2) is 37.3 Å². The molecule has 0 bridgehead atoms. The lowest BCUT2D eigenvalue weighted by molar-refractivity contribution is 0.0766. The molecule has 0 atom stereocenters. The summed E-state index contributed by atoms with van der Waals surface area (Å²) < 4.78 is 32.9. The molecule has 0 spiro atoms. The van der Waals surface area contributed by atoms with Crippen LogP contribution in [-0.2, 0) is 16.6 Å². The highest BCUT2D eigenvalue weighted by atomic mass is 35.5. The molecule has 142 valence electrons. The van der Waals surface area contributed by atoms with E-state index in [2.05, 4.69) is 9.71 Å². The first-order valence-electron chi connectivity index (χ1n) is 8.21. The number of nitrogens with zero attached hydrogens (tertiary/aromatic N) is 2. The van der Waals surface area contributed by atoms with Crippen LogP contribution in [0.15, 0.2) is 27.5 Å². The fourth-order valence-corrected chi connectivity index (χ4v) is 3.97. The number of nitrogens with one attached hydrogen (secondary N) is 1. The van der Waals surface area contributed by atoms with E-state index in [4.69, 9.17) is 16.0 Å². The Bertz CT molecular complexity index is 905. The fraction of sp³-hybridized carbons (Fsp3) is 0.412. The number of amides is 1. The smallest absolute Gasteiger partial charge is 0.276 e. The molecule has 1 amide bonds. The van der Waals surface area contributed by atoms with Gasteiger partial charge in [0, 0.05) is 18.1 Å². The number of benzene rings is 1. The average molecular weight is 400 g/mol. The van der Waals surface area contributed by atoms with Crippen LogP contribution in [0.4, 0.5) is 0 Å². The van der Waals surface area contributed by atoms with Crippen molar-refractivity contribution in [3.05, 3.63) is 46.1 Å². The maximum Gasteiger partial charge on any atom is 0.276 e. The second kappa shape index (κ2) is 8.20. The quantitative estimate of drug-likeness (QED) is 0.772. The number of carbonyl (C=O) groups is 1. The third kappa shape index (κ3) is 4.25. The zero-order valence-corrected chi connectivity index (χ0v) is 16.7. The number of sulfonamides is 1. The third-order valence-corrected chi connectivity index (χ3v) is 5.97. The summed E-state index contributed by atoms with van der Waals surface area (Å²) in [5, 5.41) is 0.368. The molecule has 9 heteroatoms. The Balaban J connectivity index is 2.19. The van der Waals surface area contributed by atoms with Gasteiger partial charge in [-0.2, -0.15) is 0 Å². The Kier molecular flexibility index (Phi) is 6.44. The first-order valence-corrected chi connectivity index (χ1v) is 10.1. The topological polar surface area (TPSA) is 92.5 Å². The van der Waals surface area contributed by atoms with Crippen LogP contribution in [0.2, 0.25) is 5.02 Å². The summed E-state index contributed by atoms with van der Waals surface area (Å²) in [5.74, 6) is 0.243. The molecule has 0 aliphatic heterocycles. The SMILES string of the molecule is CCN(CC)C(=O)c1nc(CNS(=O)(=O)c2cccc(Cl)c2C)oc1C. The average Bonchev–Trinajstić information content (AvgIpc) is 2.97. The van der Waals surface area contributed by atoms with E-state index in [1.807, 2.05) is 13.8 Å². The lowest BCUT2D eigenvalue weighted by Gasteiger charge is -2.16. The molecule has 1 N–H and O–H groups in total. The van der Waals surface area contributed by atoms with Gasteiger partial charge >= 0.3 is 0 Å². The maximum absolute atomic E-state index is 12.5. The Labute approximate surface area is 158 Å². The lowest BCUT2D eigenvalue weighted by atomic mass is 10.2. The van der Waals surface area contributed by atoms with Gasteiger partial charge in [0.2, 0.25) is 15.9 Å². The minimum atomic E-state index is -3.79. The minimum Gasteiger partial charge on any atom is -0.444 e. The zero-order valence-electron chi connectivity index (χ0n) is 15.2. The van der Waals surface area contributed by atoms with Crippen molar-refractivity contribution < 1.29 is 17.6 Å². The molecule has 1 aromatic carbocycles. The Morgan fingerprint density at radius 2 is 1.92 bits per heavy atom. The lowest BCUT2D eigenvalue weighted by Crippen LogP contribution is -2.31. The summed E-state index contributed by atoms with van der Waals surface area (Å²) in [6.07, 6.45) is 0. The summed E-state index contributed by atoms with van der Waals surface area (Å²) in [6, 6.07) is 4.66. The number of rotatable bonds is 7. The summed E-state index contributed by atoms with van der Waals surface area (Å²) >= 11 is 5.99. The standard InChI is InChI=1S/C17H22ClN3O4S/c1-5-21(6-2)17(22)16-12(4)25-15(20-16)10-19-26(23,24)14-9-7-8-13(18)11(14)3/h7-9,19H,5-6,10H2,1-4H3. The number of hydrogen-bond donors (Lipinski definition) is 1. The van der Waals surface area contributed by atoms with Crippen LogP contribution < -0.4 is 4.72 Å². The van der Waals surface area contributed by atoms with Crippen LogP contribution in [0.3, 0.4) is 0 Å². The van der Waals surface area contributed by atoms with Gasteiger partial charge in [0.05, 0.1) is 11.4 Å². The summed E-state index contributed by atoms with van der Waals surface area (Å²) in [7, 11) is -3.79. The fourth-order valence-electron chi connectivity index (χ4n) is 2.50. The van der Waals surface area contributed by atoms with Gasteiger partial charge in [-0.25, -0.2) is 18.1 Å². The van der Waals surface area contributed by atoms with E-state index in [0.29, 0.717) is 29.4 Å². The Morgan fingerprint density at radius 1 is 1.27 bits per heavy atom. The van der Waals surface area contributed by atoms with E-state index in [-0.39, 0.29) is 28.9 Å². The molecule has 1 aromatic heterocycles. The molecule has 0 aliphatic carbocycles. The Hall–Kier alpha value is -1.90. The van der Waals surface area contributed by atoms with Crippen molar-refractivity contribution in [1.29, 1.82) is 0 Å². The molecule has 2 rings (SSSR count). The molecule has 0 saturated heterocycles. The number of aromatic nitrogens is 1. The van der Waals surface area contributed by atoms with E-state index >= 15 is 0 Å². The molecule has 26 heavy (non-hydrogen) atoms. The van der Waals surface area contributed by atoms with Gasteiger partial charge in [-0.3, -0.25) is 4.79 Å². The number of oxazole rings is 1. The van der Waals surface area contributed by atoms with Gasteiger partial charge in [0.15, 0.2) is 5.69 Å². The van der Waals surface area contributed by atoms with E-state index in [0.717, 1.165) is 0 Å². The van der Waals surface area contributed by atoms with Gasteiger partial charge in [-0.15, -0.1) is 0 Å².